The predicted octanol–water partition coefficient (Wildman–Crippen LogP) is 3.15. The molecule has 20 heavy (non-hydrogen) atoms. The highest BCUT2D eigenvalue weighted by Gasteiger charge is 2.20. The molecule has 0 aliphatic rings. The van der Waals surface area contributed by atoms with Gasteiger partial charge in [-0.2, -0.15) is 0 Å². The molecule has 1 N–H and O–H groups in total. The maximum Gasteiger partial charge on any atom is 0.252 e. The van der Waals surface area contributed by atoms with E-state index in [4.69, 9.17) is 11.6 Å². The van der Waals surface area contributed by atoms with E-state index >= 15 is 0 Å². The second-order valence-corrected chi connectivity index (χ2v) is 7.88. The number of benzene rings is 1. The Morgan fingerprint density at radius 2 is 1.85 bits per heavy atom. The molecule has 0 aliphatic heterocycles. The smallest absolute Gasteiger partial charge is 0.229 e. The van der Waals surface area contributed by atoms with Crippen molar-refractivity contribution in [3.05, 3.63) is 45.6 Å². The normalized spacial score (nSPS) is 11.8. The largest absolute Gasteiger partial charge is 0.252 e. The molecule has 1 heterocycles. The molecule has 1 aromatic carbocycles. The Labute approximate surface area is 127 Å². The topological polar surface area (TPSA) is 59.1 Å². The van der Waals surface area contributed by atoms with Crippen LogP contribution in [0.1, 0.15) is 23.7 Å². The molecule has 0 spiro atoms. The van der Waals surface area contributed by atoms with Gasteiger partial charge in [-0.25, -0.2) is 18.1 Å². The van der Waals surface area contributed by atoms with Crippen molar-refractivity contribution < 1.29 is 8.42 Å². The van der Waals surface area contributed by atoms with E-state index < -0.39 is 10.0 Å². The fourth-order valence-electron chi connectivity index (χ4n) is 1.74. The highest BCUT2D eigenvalue weighted by molar-refractivity contribution is 7.91. The Morgan fingerprint density at radius 3 is 2.35 bits per heavy atom. The van der Waals surface area contributed by atoms with Crippen LogP contribution in [0.25, 0.3) is 0 Å². The van der Waals surface area contributed by atoms with Crippen molar-refractivity contribution in [3.63, 3.8) is 0 Å². The average molecular weight is 331 g/mol. The minimum Gasteiger partial charge on any atom is -0.229 e. The van der Waals surface area contributed by atoms with Crippen LogP contribution in [0.15, 0.2) is 28.5 Å². The number of hydrogen-bond acceptors (Lipinski definition) is 4. The first kappa shape index (κ1) is 15.4. The molecule has 0 aliphatic carbocycles. The minimum absolute atomic E-state index is 0.174. The van der Waals surface area contributed by atoms with Crippen molar-refractivity contribution in [1.29, 1.82) is 0 Å². The molecule has 2 rings (SSSR count). The van der Waals surface area contributed by atoms with Crippen LogP contribution >= 0.6 is 22.9 Å². The number of hydrogen-bond donors (Lipinski definition) is 1. The van der Waals surface area contributed by atoms with E-state index in [1.165, 1.54) is 5.56 Å². The van der Waals surface area contributed by atoms with Crippen molar-refractivity contribution in [2.75, 3.05) is 0 Å². The fraction of sp³-hybridized carbons (Fsp3) is 0.308. The van der Waals surface area contributed by atoms with Crippen LogP contribution in [0, 0.1) is 6.92 Å². The van der Waals surface area contributed by atoms with Crippen LogP contribution in [-0.2, 0) is 23.0 Å². The van der Waals surface area contributed by atoms with E-state index in [1.54, 1.807) is 6.92 Å². The summed E-state index contributed by atoms with van der Waals surface area (Å²) in [5, 5.41) is 0. The van der Waals surface area contributed by atoms with Crippen molar-refractivity contribution in [2.45, 2.75) is 31.0 Å². The van der Waals surface area contributed by atoms with Gasteiger partial charge in [0.2, 0.25) is 0 Å². The maximum atomic E-state index is 12.2. The lowest BCUT2D eigenvalue weighted by atomic mass is 10.1. The van der Waals surface area contributed by atoms with Crippen LogP contribution < -0.4 is 4.72 Å². The van der Waals surface area contributed by atoms with E-state index in [1.807, 2.05) is 24.3 Å². The van der Waals surface area contributed by atoms with Gasteiger partial charge >= 0.3 is 0 Å². The Kier molecular flexibility index (Phi) is 4.80. The van der Waals surface area contributed by atoms with Gasteiger partial charge in [-0.15, -0.1) is 0 Å². The molecule has 0 fully saturated rings. The third-order valence-corrected chi connectivity index (χ3v) is 6.14. The number of aryl methyl sites for hydroxylation is 2. The summed E-state index contributed by atoms with van der Waals surface area (Å²) < 4.78 is 27.3. The summed E-state index contributed by atoms with van der Waals surface area (Å²) >= 11 is 6.70. The Balaban J connectivity index is 2.11. The molecule has 1 aromatic heterocycles. The molecule has 7 heteroatoms. The number of sulfonamides is 1. The first-order chi connectivity index (χ1) is 9.42. The van der Waals surface area contributed by atoms with Gasteiger partial charge < -0.3 is 0 Å². The standard InChI is InChI=1S/C13H15ClN2O2S2/c1-3-10-4-6-11(7-5-10)8-15-20(17,18)12-9(2)16-13(14)19-12/h4-7,15H,3,8H2,1-2H3. The summed E-state index contributed by atoms with van der Waals surface area (Å²) in [5.74, 6) is 0. The second kappa shape index (κ2) is 6.22. The summed E-state index contributed by atoms with van der Waals surface area (Å²) in [7, 11) is -3.56. The Hall–Kier alpha value is -0.950. The average Bonchev–Trinajstić information content (AvgIpc) is 2.77. The molecular weight excluding hydrogens is 316 g/mol. The van der Waals surface area contributed by atoms with E-state index in [0.29, 0.717) is 5.69 Å². The Morgan fingerprint density at radius 1 is 1.25 bits per heavy atom. The lowest BCUT2D eigenvalue weighted by Gasteiger charge is -2.06. The highest BCUT2D eigenvalue weighted by Crippen LogP contribution is 2.26. The predicted molar refractivity (Wildman–Crippen MR) is 81.7 cm³/mol. The van der Waals surface area contributed by atoms with E-state index in [0.717, 1.165) is 23.3 Å². The fourth-order valence-corrected chi connectivity index (χ4v) is 4.54. The third kappa shape index (κ3) is 3.58. The van der Waals surface area contributed by atoms with Crippen molar-refractivity contribution in [1.82, 2.24) is 9.71 Å². The summed E-state index contributed by atoms with van der Waals surface area (Å²) in [6.07, 6.45) is 0.963. The van der Waals surface area contributed by atoms with Crippen molar-refractivity contribution in [2.24, 2.45) is 0 Å². The zero-order valence-corrected chi connectivity index (χ0v) is 13.6. The van der Waals surface area contributed by atoms with Crippen LogP contribution in [0.3, 0.4) is 0 Å². The number of nitrogens with zero attached hydrogens (tertiary/aromatic N) is 1. The zero-order valence-electron chi connectivity index (χ0n) is 11.2. The lowest BCUT2D eigenvalue weighted by molar-refractivity contribution is 0.582. The van der Waals surface area contributed by atoms with E-state index in [-0.39, 0.29) is 15.2 Å². The van der Waals surface area contributed by atoms with Gasteiger partial charge in [0, 0.05) is 6.54 Å². The first-order valence-corrected chi connectivity index (χ1v) is 8.80. The quantitative estimate of drug-likeness (QED) is 0.916. The van der Waals surface area contributed by atoms with Crippen LogP contribution in [0.4, 0.5) is 0 Å². The lowest BCUT2D eigenvalue weighted by Crippen LogP contribution is -2.23. The SMILES string of the molecule is CCc1ccc(CNS(=O)(=O)c2sc(Cl)nc2C)cc1. The number of thiazole rings is 1. The van der Waals surface area contributed by atoms with Crippen LogP contribution in [0.5, 0.6) is 0 Å². The molecule has 108 valence electrons. The number of aromatic nitrogens is 1. The van der Waals surface area contributed by atoms with E-state index in [2.05, 4.69) is 16.6 Å². The monoisotopic (exact) mass is 330 g/mol. The van der Waals surface area contributed by atoms with Gasteiger partial charge in [-0.3, -0.25) is 0 Å². The molecule has 0 atom stereocenters. The van der Waals surface area contributed by atoms with Crippen LogP contribution in [0.2, 0.25) is 4.47 Å². The number of halogens is 1. The second-order valence-electron chi connectivity index (χ2n) is 4.33. The van der Waals surface area contributed by atoms with Crippen LogP contribution in [-0.4, -0.2) is 13.4 Å². The highest BCUT2D eigenvalue weighted by atomic mass is 35.5. The molecular formula is C13H15ClN2O2S2. The van der Waals surface area contributed by atoms with Crippen molar-refractivity contribution in [3.8, 4) is 0 Å². The maximum absolute atomic E-state index is 12.2. The van der Waals surface area contributed by atoms with Gasteiger partial charge in [0.15, 0.2) is 8.68 Å². The Bertz CT molecular complexity index is 694. The molecule has 0 saturated heterocycles. The molecule has 4 nitrogen and oxygen atoms in total. The molecule has 0 radical (unpaired) electrons. The number of rotatable bonds is 5. The zero-order chi connectivity index (χ0) is 14.8. The van der Waals surface area contributed by atoms with Gasteiger partial charge in [-0.05, 0) is 24.5 Å². The molecule has 2 aromatic rings. The molecule has 0 amide bonds. The molecule has 0 bridgehead atoms. The molecule has 0 saturated carbocycles. The minimum atomic E-state index is -3.56. The van der Waals surface area contributed by atoms with Crippen molar-refractivity contribution >= 4 is 33.0 Å². The number of nitrogens with one attached hydrogen (secondary N) is 1. The van der Waals surface area contributed by atoms with Gasteiger partial charge in [-0.1, -0.05) is 54.1 Å². The third-order valence-electron chi connectivity index (χ3n) is 2.87. The summed E-state index contributed by atoms with van der Waals surface area (Å²) in [6.45, 7) is 3.96. The summed E-state index contributed by atoms with van der Waals surface area (Å²) in [5.41, 5.74) is 2.56. The first-order valence-electron chi connectivity index (χ1n) is 6.13. The van der Waals surface area contributed by atoms with Gasteiger partial charge in [0.1, 0.15) is 0 Å². The van der Waals surface area contributed by atoms with Gasteiger partial charge in [0.05, 0.1) is 5.69 Å². The summed E-state index contributed by atoms with van der Waals surface area (Å²) in [6, 6.07) is 7.85. The van der Waals surface area contributed by atoms with Gasteiger partial charge in [0.25, 0.3) is 10.0 Å². The van der Waals surface area contributed by atoms with E-state index in [9.17, 15) is 8.42 Å². The summed E-state index contributed by atoms with van der Waals surface area (Å²) in [4.78, 5) is 3.92. The molecule has 0 unspecified atom stereocenters.